The Hall–Kier alpha value is -2.21. The highest BCUT2D eigenvalue weighted by molar-refractivity contribution is 6.28. The minimum Gasteiger partial charge on any atom is -0.378 e. The SMILES string of the molecule is Cc1nc(Cl)nc(-c2ccc(N(C)C)cc2)c1[N+](=O)[O-]. The Morgan fingerprint density at radius 2 is 1.80 bits per heavy atom. The minimum atomic E-state index is -0.485. The molecule has 2 rings (SSSR count). The first-order valence-corrected chi connectivity index (χ1v) is 6.24. The van der Waals surface area contributed by atoms with Crippen molar-refractivity contribution in [2.24, 2.45) is 0 Å². The van der Waals surface area contributed by atoms with Crippen LogP contribution < -0.4 is 4.90 Å². The average Bonchev–Trinajstić information content (AvgIpc) is 2.37. The fraction of sp³-hybridized carbons (Fsp3) is 0.231. The second-order valence-electron chi connectivity index (χ2n) is 4.47. The smallest absolute Gasteiger partial charge is 0.316 e. The van der Waals surface area contributed by atoms with Crippen LogP contribution in [0.15, 0.2) is 24.3 Å². The zero-order valence-corrected chi connectivity index (χ0v) is 12.0. The van der Waals surface area contributed by atoms with E-state index in [0.29, 0.717) is 5.56 Å². The number of rotatable bonds is 3. The summed E-state index contributed by atoms with van der Waals surface area (Å²) < 4.78 is 0. The summed E-state index contributed by atoms with van der Waals surface area (Å²) in [5.41, 5.74) is 1.99. The molecule has 20 heavy (non-hydrogen) atoms. The molecule has 7 heteroatoms. The van der Waals surface area contributed by atoms with E-state index in [1.165, 1.54) is 0 Å². The summed E-state index contributed by atoms with van der Waals surface area (Å²) in [6.45, 7) is 1.55. The van der Waals surface area contributed by atoms with Gasteiger partial charge in [0.15, 0.2) is 5.69 Å². The van der Waals surface area contributed by atoms with E-state index in [1.807, 2.05) is 31.1 Å². The third kappa shape index (κ3) is 2.70. The third-order valence-corrected chi connectivity index (χ3v) is 3.04. The van der Waals surface area contributed by atoms with E-state index in [9.17, 15) is 10.1 Å². The van der Waals surface area contributed by atoms with Crippen molar-refractivity contribution in [1.29, 1.82) is 0 Å². The second-order valence-corrected chi connectivity index (χ2v) is 4.81. The zero-order valence-electron chi connectivity index (χ0n) is 11.3. The van der Waals surface area contributed by atoms with E-state index in [0.717, 1.165) is 5.69 Å². The number of hydrogen-bond donors (Lipinski definition) is 0. The van der Waals surface area contributed by atoms with E-state index < -0.39 is 4.92 Å². The fourth-order valence-corrected chi connectivity index (χ4v) is 2.08. The lowest BCUT2D eigenvalue weighted by molar-refractivity contribution is -0.385. The Labute approximate surface area is 121 Å². The topological polar surface area (TPSA) is 72.2 Å². The van der Waals surface area contributed by atoms with Crippen LogP contribution >= 0.6 is 11.6 Å². The van der Waals surface area contributed by atoms with Gasteiger partial charge in [0.2, 0.25) is 5.28 Å². The van der Waals surface area contributed by atoms with Crippen LogP contribution in [0.1, 0.15) is 5.69 Å². The van der Waals surface area contributed by atoms with Crippen molar-refractivity contribution in [2.45, 2.75) is 6.92 Å². The van der Waals surface area contributed by atoms with Gasteiger partial charge in [-0.1, -0.05) is 12.1 Å². The molecule has 0 N–H and O–H groups in total. The van der Waals surface area contributed by atoms with Gasteiger partial charge in [0.05, 0.1) is 4.92 Å². The number of aromatic nitrogens is 2. The van der Waals surface area contributed by atoms with E-state index in [2.05, 4.69) is 9.97 Å². The van der Waals surface area contributed by atoms with Crippen molar-refractivity contribution < 1.29 is 4.92 Å². The van der Waals surface area contributed by atoms with Crippen LogP contribution in [0.5, 0.6) is 0 Å². The molecule has 0 fully saturated rings. The molecule has 6 nitrogen and oxygen atoms in total. The first kappa shape index (κ1) is 14.2. The molecule has 0 aliphatic heterocycles. The Morgan fingerprint density at radius 1 is 1.20 bits per heavy atom. The van der Waals surface area contributed by atoms with Gasteiger partial charge >= 0.3 is 5.69 Å². The van der Waals surface area contributed by atoms with Gasteiger partial charge in [-0.25, -0.2) is 9.97 Å². The van der Waals surface area contributed by atoms with E-state index in [1.54, 1.807) is 19.1 Å². The van der Waals surface area contributed by atoms with Gasteiger partial charge < -0.3 is 4.90 Å². The van der Waals surface area contributed by atoms with Crippen LogP contribution in [0.3, 0.4) is 0 Å². The normalized spacial score (nSPS) is 10.4. The van der Waals surface area contributed by atoms with Crippen LogP contribution in [0.25, 0.3) is 11.3 Å². The molecule has 0 saturated carbocycles. The summed E-state index contributed by atoms with van der Waals surface area (Å²) in [6, 6.07) is 7.29. The van der Waals surface area contributed by atoms with Crippen LogP contribution in [0.4, 0.5) is 11.4 Å². The zero-order chi connectivity index (χ0) is 14.9. The number of hydrogen-bond acceptors (Lipinski definition) is 5. The maximum absolute atomic E-state index is 11.2. The molecule has 2 aromatic rings. The molecule has 104 valence electrons. The molecule has 0 bridgehead atoms. The number of halogens is 1. The molecule has 1 aromatic carbocycles. The third-order valence-electron chi connectivity index (χ3n) is 2.87. The Balaban J connectivity index is 2.59. The fourth-order valence-electron chi connectivity index (χ4n) is 1.87. The first-order valence-electron chi connectivity index (χ1n) is 5.86. The molecular formula is C13H13ClN4O2. The van der Waals surface area contributed by atoms with Crippen LogP contribution in [-0.4, -0.2) is 29.0 Å². The molecule has 0 saturated heterocycles. The lowest BCUT2D eigenvalue weighted by Gasteiger charge is -2.12. The quantitative estimate of drug-likeness (QED) is 0.494. The number of aryl methyl sites for hydroxylation is 1. The molecule has 0 amide bonds. The monoisotopic (exact) mass is 292 g/mol. The Morgan fingerprint density at radius 3 is 2.30 bits per heavy atom. The standard InChI is InChI=1S/C13H13ClN4O2/c1-8-12(18(19)20)11(16-13(14)15-8)9-4-6-10(7-5-9)17(2)3/h4-7H,1-3H3. The number of anilines is 1. The maximum Gasteiger partial charge on any atom is 0.316 e. The first-order chi connectivity index (χ1) is 9.40. The van der Waals surface area contributed by atoms with Crippen LogP contribution in [-0.2, 0) is 0 Å². The molecule has 0 spiro atoms. The molecule has 0 aliphatic carbocycles. The lowest BCUT2D eigenvalue weighted by Crippen LogP contribution is -2.08. The van der Waals surface area contributed by atoms with Gasteiger partial charge in [0.1, 0.15) is 5.69 Å². The van der Waals surface area contributed by atoms with Crippen molar-refractivity contribution in [3.05, 3.63) is 45.4 Å². The highest BCUT2D eigenvalue weighted by Gasteiger charge is 2.22. The molecule has 0 unspecified atom stereocenters. The summed E-state index contributed by atoms with van der Waals surface area (Å²) in [4.78, 5) is 20.5. The lowest BCUT2D eigenvalue weighted by atomic mass is 10.1. The largest absolute Gasteiger partial charge is 0.378 e. The van der Waals surface area contributed by atoms with Gasteiger partial charge in [-0.3, -0.25) is 10.1 Å². The molecule has 0 aliphatic rings. The molecule has 1 heterocycles. The van der Waals surface area contributed by atoms with Gasteiger partial charge in [0.25, 0.3) is 0 Å². The number of nitro groups is 1. The van der Waals surface area contributed by atoms with E-state index in [4.69, 9.17) is 11.6 Å². The van der Waals surface area contributed by atoms with Crippen molar-refractivity contribution in [1.82, 2.24) is 9.97 Å². The van der Waals surface area contributed by atoms with Crippen molar-refractivity contribution >= 4 is 23.0 Å². The summed E-state index contributed by atoms with van der Waals surface area (Å²) >= 11 is 5.81. The van der Waals surface area contributed by atoms with Crippen molar-refractivity contribution in [2.75, 3.05) is 19.0 Å². The van der Waals surface area contributed by atoms with Crippen LogP contribution in [0, 0.1) is 17.0 Å². The molecular weight excluding hydrogens is 280 g/mol. The summed E-state index contributed by atoms with van der Waals surface area (Å²) in [6.07, 6.45) is 0. The van der Waals surface area contributed by atoms with Crippen molar-refractivity contribution in [3.8, 4) is 11.3 Å². The van der Waals surface area contributed by atoms with Crippen molar-refractivity contribution in [3.63, 3.8) is 0 Å². The van der Waals surface area contributed by atoms with Gasteiger partial charge in [0, 0.05) is 25.3 Å². The maximum atomic E-state index is 11.2. The molecule has 0 radical (unpaired) electrons. The van der Waals surface area contributed by atoms with Gasteiger partial charge in [-0.15, -0.1) is 0 Å². The Kier molecular flexibility index (Phi) is 3.85. The number of nitrogens with zero attached hydrogens (tertiary/aromatic N) is 4. The predicted octanol–water partition coefficient (Wildman–Crippen LogP) is 3.08. The van der Waals surface area contributed by atoms with Gasteiger partial charge in [-0.05, 0) is 30.7 Å². The highest BCUT2D eigenvalue weighted by atomic mass is 35.5. The molecule has 1 aromatic heterocycles. The second kappa shape index (κ2) is 5.42. The Bertz CT molecular complexity index is 656. The van der Waals surface area contributed by atoms with Crippen LogP contribution in [0.2, 0.25) is 5.28 Å². The van der Waals surface area contributed by atoms with E-state index >= 15 is 0 Å². The highest BCUT2D eigenvalue weighted by Crippen LogP contribution is 2.31. The molecule has 0 atom stereocenters. The summed E-state index contributed by atoms with van der Waals surface area (Å²) in [5.74, 6) is 0. The average molecular weight is 293 g/mol. The minimum absolute atomic E-state index is 0.000198. The predicted molar refractivity (Wildman–Crippen MR) is 78.2 cm³/mol. The van der Waals surface area contributed by atoms with E-state index in [-0.39, 0.29) is 22.4 Å². The van der Waals surface area contributed by atoms with Gasteiger partial charge in [-0.2, -0.15) is 0 Å². The summed E-state index contributed by atoms with van der Waals surface area (Å²) in [5, 5.41) is 11.2. The number of benzene rings is 1. The summed E-state index contributed by atoms with van der Waals surface area (Å²) in [7, 11) is 3.84.